The van der Waals surface area contributed by atoms with Crippen molar-refractivity contribution in [1.82, 2.24) is 10.2 Å². The molecule has 0 spiro atoms. The molecule has 2 fully saturated rings. The van der Waals surface area contributed by atoms with E-state index in [0.29, 0.717) is 5.91 Å². The molecule has 1 atom stereocenters. The van der Waals surface area contributed by atoms with Crippen LogP contribution in [0.2, 0.25) is 0 Å². The Balaban J connectivity index is 0.00000162. The molecular weight excluding hydrogens is 248 g/mol. The van der Waals surface area contributed by atoms with Crippen molar-refractivity contribution in [3.8, 4) is 0 Å². The van der Waals surface area contributed by atoms with Crippen molar-refractivity contribution in [2.75, 3.05) is 26.2 Å². The van der Waals surface area contributed by atoms with Gasteiger partial charge >= 0.3 is 0 Å². The molecule has 106 valence electrons. The Morgan fingerprint density at radius 1 is 1.39 bits per heavy atom. The standard InChI is InChI=1S/C14H26N2O.ClH/c1-3-12-5-9-16(10-6-12)13(17)14(2)7-4-8-15-11-14;/h12,15H,3-11H2,1-2H3;1H. The van der Waals surface area contributed by atoms with Crippen molar-refractivity contribution in [1.29, 1.82) is 0 Å². The summed E-state index contributed by atoms with van der Waals surface area (Å²) >= 11 is 0. The number of hydrogen-bond acceptors (Lipinski definition) is 2. The van der Waals surface area contributed by atoms with E-state index in [1.54, 1.807) is 0 Å². The van der Waals surface area contributed by atoms with Gasteiger partial charge in [0.2, 0.25) is 5.91 Å². The fourth-order valence-corrected chi connectivity index (χ4v) is 3.16. The molecule has 4 heteroatoms. The normalized spacial score (nSPS) is 29.8. The first-order valence-corrected chi connectivity index (χ1v) is 7.16. The Kier molecular flexibility index (Phi) is 5.93. The smallest absolute Gasteiger partial charge is 0.229 e. The van der Waals surface area contributed by atoms with Crippen LogP contribution in [-0.2, 0) is 4.79 Å². The highest BCUT2D eigenvalue weighted by atomic mass is 35.5. The number of carbonyl (C=O) groups excluding carboxylic acids is 1. The summed E-state index contributed by atoms with van der Waals surface area (Å²) in [4.78, 5) is 14.7. The number of nitrogens with zero attached hydrogens (tertiary/aromatic N) is 1. The number of amides is 1. The maximum absolute atomic E-state index is 12.6. The fraction of sp³-hybridized carbons (Fsp3) is 0.929. The second kappa shape index (κ2) is 6.76. The zero-order valence-electron chi connectivity index (χ0n) is 11.7. The van der Waals surface area contributed by atoms with Gasteiger partial charge in [0.15, 0.2) is 0 Å². The highest BCUT2D eigenvalue weighted by Crippen LogP contribution is 2.30. The molecule has 18 heavy (non-hydrogen) atoms. The first kappa shape index (κ1) is 15.8. The molecule has 1 unspecified atom stereocenters. The Morgan fingerprint density at radius 2 is 2.06 bits per heavy atom. The molecule has 2 rings (SSSR count). The van der Waals surface area contributed by atoms with Crippen LogP contribution in [0.25, 0.3) is 0 Å². The van der Waals surface area contributed by atoms with E-state index in [4.69, 9.17) is 0 Å². The Labute approximate surface area is 117 Å². The van der Waals surface area contributed by atoms with Gasteiger partial charge in [-0.15, -0.1) is 12.4 Å². The Hall–Kier alpha value is -0.280. The van der Waals surface area contributed by atoms with Gasteiger partial charge in [-0.25, -0.2) is 0 Å². The number of piperidine rings is 2. The third kappa shape index (κ3) is 3.39. The summed E-state index contributed by atoms with van der Waals surface area (Å²) < 4.78 is 0. The van der Waals surface area contributed by atoms with Crippen LogP contribution in [0, 0.1) is 11.3 Å². The molecule has 0 aromatic carbocycles. The topological polar surface area (TPSA) is 32.3 Å². The van der Waals surface area contributed by atoms with Crippen LogP contribution in [0.1, 0.15) is 46.0 Å². The lowest BCUT2D eigenvalue weighted by atomic mass is 9.80. The van der Waals surface area contributed by atoms with Crippen molar-refractivity contribution >= 4 is 18.3 Å². The van der Waals surface area contributed by atoms with E-state index >= 15 is 0 Å². The predicted molar refractivity (Wildman–Crippen MR) is 77.1 cm³/mol. The van der Waals surface area contributed by atoms with Crippen LogP contribution < -0.4 is 5.32 Å². The first-order chi connectivity index (χ1) is 8.15. The average molecular weight is 275 g/mol. The van der Waals surface area contributed by atoms with Gasteiger partial charge in [0.05, 0.1) is 5.41 Å². The van der Waals surface area contributed by atoms with Crippen molar-refractivity contribution in [3.63, 3.8) is 0 Å². The molecule has 0 aromatic heterocycles. The number of rotatable bonds is 2. The SMILES string of the molecule is CCC1CCN(C(=O)C2(C)CCCNC2)CC1.Cl. The molecule has 2 saturated heterocycles. The molecule has 0 bridgehead atoms. The lowest BCUT2D eigenvalue weighted by Crippen LogP contribution is -2.52. The third-order valence-corrected chi connectivity index (χ3v) is 4.59. The lowest BCUT2D eigenvalue weighted by molar-refractivity contribution is -0.143. The maximum Gasteiger partial charge on any atom is 0.229 e. The number of halogens is 1. The Bertz CT molecular complexity index is 269. The molecule has 1 amide bonds. The van der Waals surface area contributed by atoms with Crippen molar-refractivity contribution in [3.05, 3.63) is 0 Å². The molecule has 0 aromatic rings. The summed E-state index contributed by atoms with van der Waals surface area (Å²) in [6, 6.07) is 0. The highest BCUT2D eigenvalue weighted by Gasteiger charge is 2.38. The van der Waals surface area contributed by atoms with E-state index in [9.17, 15) is 4.79 Å². The van der Waals surface area contributed by atoms with Crippen molar-refractivity contribution in [2.24, 2.45) is 11.3 Å². The second-order valence-electron chi connectivity index (χ2n) is 5.98. The minimum absolute atomic E-state index is 0. The molecular formula is C14H27ClN2O. The van der Waals surface area contributed by atoms with Gasteiger partial charge in [0.1, 0.15) is 0 Å². The second-order valence-corrected chi connectivity index (χ2v) is 5.98. The first-order valence-electron chi connectivity index (χ1n) is 7.16. The third-order valence-electron chi connectivity index (χ3n) is 4.59. The van der Waals surface area contributed by atoms with Crippen LogP contribution >= 0.6 is 12.4 Å². The van der Waals surface area contributed by atoms with Gasteiger partial charge in [-0.3, -0.25) is 4.79 Å². The van der Waals surface area contributed by atoms with Gasteiger partial charge in [-0.2, -0.15) is 0 Å². The van der Waals surface area contributed by atoms with E-state index in [1.165, 1.54) is 19.3 Å². The van der Waals surface area contributed by atoms with Gasteiger partial charge < -0.3 is 10.2 Å². The highest BCUT2D eigenvalue weighted by molar-refractivity contribution is 5.85. The van der Waals surface area contributed by atoms with Crippen LogP contribution in [-0.4, -0.2) is 37.0 Å². The van der Waals surface area contributed by atoms with Crippen molar-refractivity contribution < 1.29 is 4.79 Å². The van der Waals surface area contributed by atoms with Gasteiger partial charge in [0.25, 0.3) is 0 Å². The molecule has 2 aliphatic heterocycles. The minimum atomic E-state index is -0.142. The van der Waals surface area contributed by atoms with E-state index in [-0.39, 0.29) is 17.8 Å². The van der Waals surface area contributed by atoms with Crippen LogP contribution in [0.5, 0.6) is 0 Å². The van der Waals surface area contributed by atoms with E-state index < -0.39 is 0 Å². The van der Waals surface area contributed by atoms with Gasteiger partial charge in [-0.05, 0) is 45.1 Å². The summed E-state index contributed by atoms with van der Waals surface area (Å²) in [6.07, 6.45) is 5.85. The van der Waals surface area contributed by atoms with E-state index in [2.05, 4.69) is 24.1 Å². The van der Waals surface area contributed by atoms with Crippen LogP contribution in [0.4, 0.5) is 0 Å². The molecule has 0 aliphatic carbocycles. The summed E-state index contributed by atoms with van der Waals surface area (Å²) in [6.45, 7) is 8.28. The minimum Gasteiger partial charge on any atom is -0.342 e. The Morgan fingerprint density at radius 3 is 2.56 bits per heavy atom. The average Bonchev–Trinajstić information content (AvgIpc) is 2.39. The molecule has 3 nitrogen and oxygen atoms in total. The summed E-state index contributed by atoms with van der Waals surface area (Å²) in [5.41, 5.74) is -0.142. The quantitative estimate of drug-likeness (QED) is 0.839. The largest absolute Gasteiger partial charge is 0.342 e. The molecule has 1 N–H and O–H groups in total. The van der Waals surface area contributed by atoms with Gasteiger partial charge in [-0.1, -0.05) is 13.3 Å². The fourth-order valence-electron chi connectivity index (χ4n) is 3.16. The number of hydrogen-bond donors (Lipinski definition) is 1. The zero-order chi connectivity index (χ0) is 12.3. The maximum atomic E-state index is 12.6. The van der Waals surface area contributed by atoms with E-state index in [0.717, 1.165) is 44.9 Å². The van der Waals surface area contributed by atoms with Crippen LogP contribution in [0.15, 0.2) is 0 Å². The zero-order valence-corrected chi connectivity index (χ0v) is 12.5. The number of carbonyl (C=O) groups is 1. The van der Waals surface area contributed by atoms with Crippen LogP contribution in [0.3, 0.4) is 0 Å². The van der Waals surface area contributed by atoms with Crippen molar-refractivity contribution in [2.45, 2.75) is 46.0 Å². The number of nitrogens with one attached hydrogen (secondary N) is 1. The molecule has 2 heterocycles. The summed E-state index contributed by atoms with van der Waals surface area (Å²) in [7, 11) is 0. The molecule has 2 aliphatic rings. The lowest BCUT2D eigenvalue weighted by Gasteiger charge is -2.40. The molecule has 0 saturated carbocycles. The summed E-state index contributed by atoms with van der Waals surface area (Å²) in [5.74, 6) is 1.23. The number of likely N-dealkylation sites (tertiary alicyclic amines) is 1. The van der Waals surface area contributed by atoms with E-state index in [1.807, 2.05) is 0 Å². The van der Waals surface area contributed by atoms with Gasteiger partial charge in [0, 0.05) is 19.6 Å². The summed E-state index contributed by atoms with van der Waals surface area (Å²) in [5, 5.41) is 3.37. The predicted octanol–water partition coefficient (Wildman–Crippen LogP) is 2.45. The molecule has 0 radical (unpaired) electrons. The monoisotopic (exact) mass is 274 g/mol.